The SMILES string of the molecule is CN1CCN(CC2CN(C(=O)c3nc(N)nc4c3CCCC4)CC2CO)CC1. The molecule has 3 aliphatic rings. The van der Waals surface area contributed by atoms with Gasteiger partial charge in [-0.15, -0.1) is 0 Å². The van der Waals surface area contributed by atoms with E-state index in [0.29, 0.717) is 24.7 Å². The van der Waals surface area contributed by atoms with E-state index in [4.69, 9.17) is 5.73 Å². The number of nitrogens with two attached hydrogens (primary N) is 1. The number of nitrogen functional groups attached to an aromatic ring is 1. The Hall–Kier alpha value is -1.77. The van der Waals surface area contributed by atoms with Crippen molar-refractivity contribution >= 4 is 11.9 Å². The summed E-state index contributed by atoms with van der Waals surface area (Å²) < 4.78 is 0. The Labute approximate surface area is 166 Å². The number of piperazine rings is 1. The van der Waals surface area contributed by atoms with Gasteiger partial charge >= 0.3 is 0 Å². The minimum atomic E-state index is -0.0495. The number of anilines is 1. The molecule has 28 heavy (non-hydrogen) atoms. The second-order valence-electron chi connectivity index (χ2n) is 8.58. The molecule has 1 amide bonds. The van der Waals surface area contributed by atoms with Gasteiger partial charge in [-0.1, -0.05) is 0 Å². The molecule has 1 aliphatic carbocycles. The van der Waals surface area contributed by atoms with Crippen molar-refractivity contribution in [2.45, 2.75) is 25.7 Å². The molecule has 2 atom stereocenters. The van der Waals surface area contributed by atoms with Gasteiger partial charge < -0.3 is 25.5 Å². The average Bonchev–Trinajstić information content (AvgIpc) is 3.11. The molecular formula is C20H32N6O2. The fourth-order valence-corrected chi connectivity index (χ4v) is 4.82. The van der Waals surface area contributed by atoms with Crippen LogP contribution in [-0.4, -0.2) is 95.1 Å². The number of nitrogens with zero attached hydrogens (tertiary/aromatic N) is 5. The van der Waals surface area contributed by atoms with Gasteiger partial charge in [-0.3, -0.25) is 4.79 Å². The number of amides is 1. The zero-order valence-electron chi connectivity index (χ0n) is 16.8. The lowest BCUT2D eigenvalue weighted by molar-refractivity contribution is 0.0769. The van der Waals surface area contributed by atoms with Crippen molar-refractivity contribution in [3.05, 3.63) is 17.0 Å². The Morgan fingerprint density at radius 2 is 1.82 bits per heavy atom. The van der Waals surface area contributed by atoms with Crippen LogP contribution in [0.25, 0.3) is 0 Å². The molecule has 2 unspecified atom stereocenters. The van der Waals surface area contributed by atoms with Crippen molar-refractivity contribution in [3.8, 4) is 0 Å². The number of carbonyl (C=O) groups excluding carboxylic acids is 1. The van der Waals surface area contributed by atoms with E-state index in [-0.39, 0.29) is 24.4 Å². The molecule has 0 bridgehead atoms. The number of carbonyl (C=O) groups is 1. The molecule has 3 heterocycles. The summed E-state index contributed by atoms with van der Waals surface area (Å²) in [5.74, 6) is 0.563. The molecule has 0 spiro atoms. The number of likely N-dealkylation sites (N-methyl/N-ethyl adjacent to an activating group) is 1. The Bertz CT molecular complexity index is 719. The molecule has 1 aromatic heterocycles. The molecule has 154 valence electrons. The maximum atomic E-state index is 13.3. The Morgan fingerprint density at radius 1 is 1.11 bits per heavy atom. The lowest BCUT2D eigenvalue weighted by Crippen LogP contribution is -2.47. The number of fused-ring (bicyclic) bond motifs is 1. The van der Waals surface area contributed by atoms with Crippen LogP contribution in [-0.2, 0) is 12.8 Å². The molecule has 2 fully saturated rings. The van der Waals surface area contributed by atoms with Gasteiger partial charge in [0, 0.05) is 69.6 Å². The minimum Gasteiger partial charge on any atom is -0.396 e. The van der Waals surface area contributed by atoms with E-state index in [1.54, 1.807) is 0 Å². The van der Waals surface area contributed by atoms with Gasteiger partial charge in [-0.2, -0.15) is 0 Å². The first-order valence-corrected chi connectivity index (χ1v) is 10.5. The number of aliphatic hydroxyl groups excluding tert-OH is 1. The van der Waals surface area contributed by atoms with Crippen LogP contribution in [0.2, 0.25) is 0 Å². The first-order chi connectivity index (χ1) is 13.5. The van der Waals surface area contributed by atoms with Gasteiger partial charge in [0.15, 0.2) is 0 Å². The predicted octanol–water partition coefficient (Wildman–Crippen LogP) is -0.134. The summed E-state index contributed by atoms with van der Waals surface area (Å²) in [7, 11) is 2.15. The number of rotatable bonds is 4. The minimum absolute atomic E-state index is 0.0495. The number of aromatic nitrogens is 2. The van der Waals surface area contributed by atoms with Gasteiger partial charge in [-0.05, 0) is 38.6 Å². The largest absolute Gasteiger partial charge is 0.396 e. The molecule has 2 saturated heterocycles. The van der Waals surface area contributed by atoms with Crippen LogP contribution in [0.5, 0.6) is 0 Å². The average molecular weight is 389 g/mol. The maximum Gasteiger partial charge on any atom is 0.272 e. The third kappa shape index (κ3) is 3.99. The van der Waals surface area contributed by atoms with Crippen LogP contribution < -0.4 is 5.73 Å². The fourth-order valence-electron chi connectivity index (χ4n) is 4.82. The van der Waals surface area contributed by atoms with E-state index >= 15 is 0 Å². The van der Waals surface area contributed by atoms with Gasteiger partial charge in [0.1, 0.15) is 5.69 Å². The summed E-state index contributed by atoms with van der Waals surface area (Å²) in [6.45, 7) is 6.57. The number of hydrogen-bond donors (Lipinski definition) is 2. The van der Waals surface area contributed by atoms with Crippen LogP contribution >= 0.6 is 0 Å². The second kappa shape index (κ2) is 8.31. The molecular weight excluding hydrogens is 356 g/mol. The Balaban J connectivity index is 1.47. The van der Waals surface area contributed by atoms with Crippen molar-refractivity contribution in [2.24, 2.45) is 11.8 Å². The molecule has 1 aromatic rings. The van der Waals surface area contributed by atoms with E-state index in [9.17, 15) is 9.90 Å². The predicted molar refractivity (Wildman–Crippen MR) is 107 cm³/mol. The van der Waals surface area contributed by atoms with Crippen molar-refractivity contribution < 1.29 is 9.90 Å². The molecule has 3 N–H and O–H groups in total. The molecule has 0 aromatic carbocycles. The highest BCUT2D eigenvalue weighted by atomic mass is 16.3. The van der Waals surface area contributed by atoms with Gasteiger partial charge in [0.2, 0.25) is 5.95 Å². The zero-order chi connectivity index (χ0) is 19.7. The van der Waals surface area contributed by atoms with Gasteiger partial charge in [0.05, 0.1) is 0 Å². The third-order valence-corrected chi connectivity index (χ3v) is 6.59. The Kier molecular flexibility index (Phi) is 5.80. The smallest absolute Gasteiger partial charge is 0.272 e. The van der Waals surface area contributed by atoms with Gasteiger partial charge in [0.25, 0.3) is 5.91 Å². The lowest BCUT2D eigenvalue weighted by Gasteiger charge is -2.34. The highest BCUT2D eigenvalue weighted by Gasteiger charge is 2.38. The first-order valence-electron chi connectivity index (χ1n) is 10.5. The summed E-state index contributed by atoms with van der Waals surface area (Å²) >= 11 is 0. The van der Waals surface area contributed by atoms with Crippen LogP contribution in [0.1, 0.15) is 34.6 Å². The topological polar surface area (TPSA) is 98.8 Å². The van der Waals surface area contributed by atoms with Crippen LogP contribution in [0, 0.1) is 11.8 Å². The van der Waals surface area contributed by atoms with Crippen molar-refractivity contribution in [3.63, 3.8) is 0 Å². The molecule has 2 aliphatic heterocycles. The van der Waals surface area contributed by atoms with Crippen molar-refractivity contribution in [1.82, 2.24) is 24.7 Å². The van der Waals surface area contributed by atoms with E-state index in [1.807, 2.05) is 4.90 Å². The molecule has 0 radical (unpaired) electrons. The Morgan fingerprint density at radius 3 is 2.57 bits per heavy atom. The van der Waals surface area contributed by atoms with Crippen LogP contribution in [0.4, 0.5) is 5.95 Å². The number of hydrogen-bond acceptors (Lipinski definition) is 7. The number of likely N-dealkylation sites (tertiary alicyclic amines) is 1. The normalized spacial score (nSPS) is 26.4. The molecule has 8 nitrogen and oxygen atoms in total. The third-order valence-electron chi connectivity index (χ3n) is 6.59. The summed E-state index contributed by atoms with van der Waals surface area (Å²) in [6.07, 6.45) is 3.86. The summed E-state index contributed by atoms with van der Waals surface area (Å²) in [5, 5.41) is 9.90. The van der Waals surface area contributed by atoms with Gasteiger partial charge in [-0.25, -0.2) is 9.97 Å². The number of aliphatic hydroxyl groups is 1. The second-order valence-corrected chi connectivity index (χ2v) is 8.58. The molecule has 0 saturated carbocycles. The molecule has 8 heteroatoms. The van der Waals surface area contributed by atoms with Crippen LogP contribution in [0.15, 0.2) is 0 Å². The van der Waals surface area contributed by atoms with Crippen molar-refractivity contribution in [1.29, 1.82) is 0 Å². The van der Waals surface area contributed by atoms with E-state index < -0.39 is 0 Å². The van der Waals surface area contributed by atoms with Crippen LogP contribution in [0.3, 0.4) is 0 Å². The number of aryl methyl sites for hydroxylation is 1. The standard InChI is InChI=1S/C20H32N6O2/c1-24-6-8-25(9-7-24)10-14-11-26(12-15(14)13-27)19(28)18-16-4-2-3-5-17(16)22-20(21)23-18/h14-15,27H,2-13H2,1H3,(H2,21,22,23). The first kappa shape index (κ1) is 19.5. The van der Waals surface area contributed by atoms with Crippen molar-refractivity contribution in [2.75, 3.05) is 65.2 Å². The fraction of sp³-hybridized carbons (Fsp3) is 0.750. The van der Waals surface area contributed by atoms with E-state index in [1.165, 1.54) is 0 Å². The lowest BCUT2D eigenvalue weighted by atomic mass is 9.94. The van der Waals surface area contributed by atoms with E-state index in [2.05, 4.69) is 26.8 Å². The maximum absolute atomic E-state index is 13.3. The summed E-state index contributed by atoms with van der Waals surface area (Å²) in [5.41, 5.74) is 8.30. The monoisotopic (exact) mass is 388 g/mol. The highest BCUT2D eigenvalue weighted by Crippen LogP contribution is 2.29. The summed E-state index contributed by atoms with van der Waals surface area (Å²) in [4.78, 5) is 28.7. The summed E-state index contributed by atoms with van der Waals surface area (Å²) in [6, 6.07) is 0. The quantitative estimate of drug-likeness (QED) is 0.741. The zero-order valence-corrected chi connectivity index (χ0v) is 16.8. The van der Waals surface area contributed by atoms with E-state index in [0.717, 1.165) is 69.7 Å². The highest BCUT2D eigenvalue weighted by molar-refractivity contribution is 5.94. The molecule has 4 rings (SSSR count).